The molecule has 1 nitrogen and oxygen atoms in total. The van der Waals surface area contributed by atoms with E-state index in [9.17, 15) is 4.39 Å². The summed E-state index contributed by atoms with van der Waals surface area (Å²) in [5, 5.41) is 0. The second-order valence-corrected chi connectivity index (χ2v) is 3.93. The monoisotopic (exact) mass is 195 g/mol. The third-order valence-corrected chi connectivity index (χ3v) is 2.32. The van der Waals surface area contributed by atoms with Gasteiger partial charge in [-0.3, -0.25) is 0 Å². The molecule has 2 heteroatoms. The fraction of sp³-hybridized carbons (Fsp3) is 0.500. The Balaban J connectivity index is 2.72. The lowest BCUT2D eigenvalue weighted by Gasteiger charge is -2.12. The van der Waals surface area contributed by atoms with E-state index in [0.717, 1.165) is 12.0 Å². The van der Waals surface area contributed by atoms with E-state index in [-0.39, 0.29) is 5.92 Å². The van der Waals surface area contributed by atoms with Crippen LogP contribution < -0.4 is 5.73 Å². The molecule has 78 valence electrons. The summed E-state index contributed by atoms with van der Waals surface area (Å²) in [4.78, 5) is 0. The molecule has 0 fully saturated rings. The van der Waals surface area contributed by atoms with Gasteiger partial charge in [-0.15, -0.1) is 0 Å². The van der Waals surface area contributed by atoms with Crippen LogP contribution >= 0.6 is 0 Å². The Hall–Kier alpha value is -0.890. The van der Waals surface area contributed by atoms with Gasteiger partial charge < -0.3 is 5.73 Å². The molecule has 1 aromatic carbocycles. The predicted molar refractivity (Wildman–Crippen MR) is 57.9 cm³/mol. The summed E-state index contributed by atoms with van der Waals surface area (Å²) in [6.07, 6.45) is 0.000703. The number of rotatable bonds is 4. The summed E-state index contributed by atoms with van der Waals surface area (Å²) < 4.78 is 13.6. The summed E-state index contributed by atoms with van der Waals surface area (Å²) in [5.74, 6) is 0.0374. The number of alkyl halides is 1. The van der Waals surface area contributed by atoms with Crippen molar-refractivity contribution < 1.29 is 4.39 Å². The van der Waals surface area contributed by atoms with Crippen LogP contribution in [0.5, 0.6) is 0 Å². The zero-order valence-corrected chi connectivity index (χ0v) is 8.83. The van der Waals surface area contributed by atoms with Crippen LogP contribution in [-0.2, 0) is 6.42 Å². The first-order chi connectivity index (χ1) is 6.65. The van der Waals surface area contributed by atoms with Crippen molar-refractivity contribution in [2.24, 2.45) is 11.7 Å². The Labute approximate surface area is 85.1 Å². The topological polar surface area (TPSA) is 26.0 Å². The molecule has 0 saturated heterocycles. The average Bonchev–Trinajstić information content (AvgIpc) is 2.18. The second kappa shape index (κ2) is 5.11. The van der Waals surface area contributed by atoms with E-state index < -0.39 is 6.17 Å². The maximum absolute atomic E-state index is 13.6. The van der Waals surface area contributed by atoms with Crippen molar-refractivity contribution in [1.29, 1.82) is 0 Å². The van der Waals surface area contributed by atoms with E-state index in [4.69, 9.17) is 5.73 Å². The van der Waals surface area contributed by atoms with Crippen molar-refractivity contribution in [1.82, 2.24) is 0 Å². The van der Waals surface area contributed by atoms with E-state index in [1.165, 1.54) is 5.56 Å². The highest BCUT2D eigenvalue weighted by Crippen LogP contribution is 2.25. The van der Waals surface area contributed by atoms with Crippen LogP contribution in [-0.4, -0.2) is 6.54 Å². The number of benzene rings is 1. The van der Waals surface area contributed by atoms with Crippen LogP contribution in [0.2, 0.25) is 0 Å². The molecular formula is C12H18FN. The van der Waals surface area contributed by atoms with Gasteiger partial charge in [-0.05, 0) is 30.0 Å². The fourth-order valence-corrected chi connectivity index (χ4v) is 1.42. The van der Waals surface area contributed by atoms with Gasteiger partial charge in [0.15, 0.2) is 0 Å². The fourth-order valence-electron chi connectivity index (χ4n) is 1.42. The molecular weight excluding hydrogens is 177 g/mol. The summed E-state index contributed by atoms with van der Waals surface area (Å²) >= 11 is 0. The van der Waals surface area contributed by atoms with Crippen LogP contribution in [0.25, 0.3) is 0 Å². The maximum atomic E-state index is 13.6. The first-order valence-corrected chi connectivity index (χ1v) is 5.08. The van der Waals surface area contributed by atoms with E-state index in [0.29, 0.717) is 6.54 Å². The van der Waals surface area contributed by atoms with Gasteiger partial charge in [0.2, 0.25) is 0 Å². The standard InChI is InChI=1S/C12H18FN/c1-9(2)12(13)11-5-3-10(4-6-11)7-8-14/h3-6,9,12H,7-8,14H2,1-2H3. The van der Waals surface area contributed by atoms with Crippen LogP contribution in [0.3, 0.4) is 0 Å². The van der Waals surface area contributed by atoms with Gasteiger partial charge in [0.1, 0.15) is 6.17 Å². The van der Waals surface area contributed by atoms with E-state index in [1.54, 1.807) is 0 Å². The van der Waals surface area contributed by atoms with E-state index in [1.807, 2.05) is 38.1 Å². The van der Waals surface area contributed by atoms with Gasteiger partial charge >= 0.3 is 0 Å². The minimum atomic E-state index is -0.859. The summed E-state index contributed by atoms with van der Waals surface area (Å²) in [6, 6.07) is 7.62. The van der Waals surface area contributed by atoms with Gasteiger partial charge in [0.25, 0.3) is 0 Å². The summed E-state index contributed by atoms with van der Waals surface area (Å²) in [5.41, 5.74) is 7.37. The minimum absolute atomic E-state index is 0.0374. The zero-order chi connectivity index (χ0) is 10.6. The number of halogens is 1. The molecule has 0 radical (unpaired) electrons. The Bertz CT molecular complexity index is 266. The van der Waals surface area contributed by atoms with Gasteiger partial charge in [-0.25, -0.2) is 4.39 Å². The Kier molecular flexibility index (Phi) is 4.08. The molecule has 1 unspecified atom stereocenters. The van der Waals surface area contributed by atoms with Crippen molar-refractivity contribution >= 4 is 0 Å². The molecule has 0 aliphatic rings. The predicted octanol–water partition coefficient (Wildman–Crippen LogP) is 2.85. The number of nitrogens with two attached hydrogens (primary N) is 1. The Morgan fingerprint density at radius 1 is 1.21 bits per heavy atom. The summed E-state index contributed by atoms with van der Waals surface area (Å²) in [7, 11) is 0. The SMILES string of the molecule is CC(C)C(F)c1ccc(CCN)cc1. The molecule has 0 bridgehead atoms. The quantitative estimate of drug-likeness (QED) is 0.785. The lowest BCUT2D eigenvalue weighted by atomic mass is 9.99. The van der Waals surface area contributed by atoms with Gasteiger partial charge in [0, 0.05) is 0 Å². The molecule has 0 heterocycles. The third-order valence-electron chi connectivity index (χ3n) is 2.32. The zero-order valence-electron chi connectivity index (χ0n) is 8.83. The molecule has 14 heavy (non-hydrogen) atoms. The van der Waals surface area contributed by atoms with Crippen LogP contribution in [0.15, 0.2) is 24.3 Å². The van der Waals surface area contributed by atoms with E-state index in [2.05, 4.69) is 0 Å². The van der Waals surface area contributed by atoms with Gasteiger partial charge in [0.05, 0.1) is 0 Å². The number of hydrogen-bond donors (Lipinski definition) is 1. The smallest absolute Gasteiger partial charge is 0.127 e. The lowest BCUT2D eigenvalue weighted by molar-refractivity contribution is 0.262. The molecule has 2 N–H and O–H groups in total. The highest BCUT2D eigenvalue weighted by atomic mass is 19.1. The van der Waals surface area contributed by atoms with Crippen molar-refractivity contribution in [3.8, 4) is 0 Å². The molecule has 0 aliphatic carbocycles. The van der Waals surface area contributed by atoms with Crippen molar-refractivity contribution in [3.63, 3.8) is 0 Å². The highest BCUT2D eigenvalue weighted by molar-refractivity contribution is 5.24. The first kappa shape index (κ1) is 11.2. The molecule has 0 spiro atoms. The normalized spacial score (nSPS) is 13.2. The molecule has 1 atom stereocenters. The minimum Gasteiger partial charge on any atom is -0.330 e. The molecule has 0 amide bonds. The first-order valence-electron chi connectivity index (χ1n) is 5.08. The molecule has 1 aromatic rings. The van der Waals surface area contributed by atoms with Crippen LogP contribution in [0, 0.1) is 5.92 Å². The molecule has 0 aliphatic heterocycles. The average molecular weight is 195 g/mol. The van der Waals surface area contributed by atoms with Crippen molar-refractivity contribution in [2.45, 2.75) is 26.4 Å². The Morgan fingerprint density at radius 3 is 2.21 bits per heavy atom. The van der Waals surface area contributed by atoms with E-state index >= 15 is 0 Å². The molecule has 0 aromatic heterocycles. The lowest BCUT2D eigenvalue weighted by Crippen LogP contribution is -2.04. The largest absolute Gasteiger partial charge is 0.330 e. The van der Waals surface area contributed by atoms with Gasteiger partial charge in [-0.1, -0.05) is 38.1 Å². The van der Waals surface area contributed by atoms with Crippen LogP contribution in [0.1, 0.15) is 31.1 Å². The van der Waals surface area contributed by atoms with Crippen molar-refractivity contribution in [2.75, 3.05) is 6.54 Å². The maximum Gasteiger partial charge on any atom is 0.127 e. The summed E-state index contributed by atoms with van der Waals surface area (Å²) in [6.45, 7) is 4.42. The van der Waals surface area contributed by atoms with Crippen molar-refractivity contribution in [3.05, 3.63) is 35.4 Å². The second-order valence-electron chi connectivity index (χ2n) is 3.93. The number of hydrogen-bond acceptors (Lipinski definition) is 1. The Morgan fingerprint density at radius 2 is 1.79 bits per heavy atom. The molecule has 0 saturated carbocycles. The van der Waals surface area contributed by atoms with Crippen LogP contribution in [0.4, 0.5) is 4.39 Å². The molecule has 1 rings (SSSR count). The van der Waals surface area contributed by atoms with Gasteiger partial charge in [-0.2, -0.15) is 0 Å². The highest BCUT2D eigenvalue weighted by Gasteiger charge is 2.13. The third kappa shape index (κ3) is 2.81.